The second kappa shape index (κ2) is 9.96. The first kappa shape index (κ1) is 19.1. The first-order valence-electron chi connectivity index (χ1n) is 9.27. The van der Waals surface area contributed by atoms with Crippen LogP contribution in [0.5, 0.6) is 0 Å². The van der Waals surface area contributed by atoms with Gasteiger partial charge in [0.05, 0.1) is 0 Å². The quantitative estimate of drug-likeness (QED) is 0.571. The Kier molecular flexibility index (Phi) is 9.07. The molecule has 0 radical (unpaired) electrons. The van der Waals surface area contributed by atoms with Crippen molar-refractivity contribution >= 4 is 21.5 Å². The highest BCUT2D eigenvalue weighted by atomic mass is 15.0. The minimum Gasteiger partial charge on any atom is -0.374 e. The van der Waals surface area contributed by atoms with Gasteiger partial charge in [0.2, 0.25) is 0 Å². The van der Waals surface area contributed by atoms with Crippen LogP contribution in [0.3, 0.4) is 0 Å². The molecule has 0 aromatic heterocycles. The smallest absolute Gasteiger partial charge is 0.287 e. The van der Waals surface area contributed by atoms with Gasteiger partial charge >= 0.3 is 0 Å². The van der Waals surface area contributed by atoms with Gasteiger partial charge in [-0.1, -0.05) is 73.6 Å². The molecule has 0 spiro atoms. The van der Waals surface area contributed by atoms with E-state index in [1.54, 1.807) is 0 Å². The zero-order valence-corrected chi connectivity index (χ0v) is 15.2. The summed E-state index contributed by atoms with van der Waals surface area (Å²) in [7, 11) is 0.930. The molecular weight excluding hydrogens is 255 g/mol. The zero-order valence-electron chi connectivity index (χ0n) is 15.2. The van der Waals surface area contributed by atoms with Crippen molar-refractivity contribution in [2.45, 2.75) is 85.3 Å². The number of hydrogen-bond acceptors (Lipinski definition) is 3. The van der Waals surface area contributed by atoms with Gasteiger partial charge in [0.15, 0.2) is 0 Å². The lowest BCUT2D eigenvalue weighted by Gasteiger charge is -2.38. The van der Waals surface area contributed by atoms with Crippen LogP contribution in [0.2, 0.25) is 11.6 Å². The van der Waals surface area contributed by atoms with Crippen LogP contribution in [0.15, 0.2) is 0 Å². The lowest BCUT2D eigenvalue weighted by Crippen LogP contribution is -2.72. The number of hydrogen-bond donors (Lipinski definition) is 3. The third-order valence-corrected chi connectivity index (χ3v) is 5.46. The molecule has 0 aromatic rings. The Bertz CT molecular complexity index is 281. The fourth-order valence-electron chi connectivity index (χ4n) is 4.12. The minimum absolute atomic E-state index is 0.444. The van der Waals surface area contributed by atoms with Gasteiger partial charge in [-0.3, -0.25) is 0 Å². The van der Waals surface area contributed by atoms with Gasteiger partial charge in [-0.2, -0.15) is 0 Å². The summed E-state index contributed by atoms with van der Waals surface area (Å²) in [6.45, 7) is 15.1. The minimum atomic E-state index is 0.444. The van der Waals surface area contributed by atoms with E-state index in [0.29, 0.717) is 25.6 Å². The van der Waals surface area contributed by atoms with Crippen LogP contribution in [0, 0.1) is 11.8 Å². The van der Waals surface area contributed by atoms with Crippen molar-refractivity contribution in [3.8, 4) is 0 Å². The van der Waals surface area contributed by atoms with Crippen LogP contribution in [-0.2, 0) is 0 Å². The third kappa shape index (κ3) is 5.65. The molecule has 0 bridgehead atoms. The van der Waals surface area contributed by atoms with Crippen LogP contribution in [0.25, 0.3) is 0 Å². The Balaban J connectivity index is 2.60. The van der Waals surface area contributed by atoms with Crippen LogP contribution in [0.4, 0.5) is 0 Å². The molecule has 1 fully saturated rings. The lowest BCUT2D eigenvalue weighted by molar-refractivity contribution is 0.312. The zero-order chi connectivity index (χ0) is 15.8. The fourth-order valence-corrected chi connectivity index (χ4v) is 4.12. The van der Waals surface area contributed by atoms with Crippen LogP contribution < -0.4 is 15.4 Å². The first-order chi connectivity index (χ1) is 10.0. The highest BCUT2D eigenvalue weighted by Gasteiger charge is 2.37. The average molecular weight is 291 g/mol. The van der Waals surface area contributed by atoms with Gasteiger partial charge in [0, 0.05) is 0 Å². The van der Waals surface area contributed by atoms with E-state index in [0.717, 1.165) is 19.4 Å². The molecule has 6 heteroatoms. The van der Waals surface area contributed by atoms with Gasteiger partial charge in [-0.15, -0.1) is 0 Å². The Hall–Kier alpha value is 0.0748. The van der Waals surface area contributed by atoms with Crippen molar-refractivity contribution in [2.75, 3.05) is 0 Å². The van der Waals surface area contributed by atoms with Gasteiger partial charge < -0.3 is 15.4 Å². The van der Waals surface area contributed by atoms with E-state index in [4.69, 9.17) is 0 Å². The SMILES string of the molecule is CCCC(C)B1NBNB(C(C)C(CC)C(C)CCC)N1. The van der Waals surface area contributed by atoms with Gasteiger partial charge in [0.1, 0.15) is 0 Å². The summed E-state index contributed by atoms with van der Waals surface area (Å²) < 4.78 is 0. The van der Waals surface area contributed by atoms with Crippen LogP contribution >= 0.6 is 0 Å². The van der Waals surface area contributed by atoms with Gasteiger partial charge in [0.25, 0.3) is 21.5 Å². The van der Waals surface area contributed by atoms with E-state index in [1.807, 2.05) is 0 Å². The molecule has 1 rings (SSSR count). The highest BCUT2D eigenvalue weighted by Crippen LogP contribution is 2.32. The monoisotopic (exact) mass is 291 g/mol. The van der Waals surface area contributed by atoms with Gasteiger partial charge in [-0.05, 0) is 23.5 Å². The number of nitrogens with one attached hydrogen (secondary N) is 3. The molecule has 120 valence electrons. The Morgan fingerprint density at radius 2 is 1.52 bits per heavy atom. The van der Waals surface area contributed by atoms with Crippen molar-refractivity contribution in [2.24, 2.45) is 11.8 Å². The Morgan fingerprint density at radius 1 is 0.905 bits per heavy atom. The summed E-state index contributed by atoms with van der Waals surface area (Å²) in [5, 5.41) is 11.0. The van der Waals surface area contributed by atoms with Crippen LogP contribution in [0.1, 0.15) is 73.6 Å². The molecule has 0 amide bonds. The van der Waals surface area contributed by atoms with E-state index < -0.39 is 0 Å². The molecular formula is C15H36B3N3. The summed E-state index contributed by atoms with van der Waals surface area (Å²) in [6.07, 6.45) is 6.48. The summed E-state index contributed by atoms with van der Waals surface area (Å²) in [5.41, 5.74) is 0. The van der Waals surface area contributed by atoms with Crippen molar-refractivity contribution in [3.05, 3.63) is 0 Å². The predicted molar refractivity (Wildman–Crippen MR) is 99.7 cm³/mol. The standard InChI is InChI=1S/C15H36B3N3/c1-7-10-12(4)15(9-3)14(6)18-20-16-19-17(21-18)13(5)11-8-2/h12-16,19-21H,7-11H2,1-6H3. The largest absolute Gasteiger partial charge is 0.374 e. The highest BCUT2D eigenvalue weighted by molar-refractivity contribution is 6.82. The Labute approximate surface area is 134 Å². The first-order valence-corrected chi connectivity index (χ1v) is 9.27. The van der Waals surface area contributed by atoms with E-state index in [1.165, 1.54) is 32.1 Å². The lowest BCUT2D eigenvalue weighted by atomic mass is 9.44. The molecule has 4 atom stereocenters. The Morgan fingerprint density at radius 3 is 2.10 bits per heavy atom. The van der Waals surface area contributed by atoms with Crippen molar-refractivity contribution in [1.82, 2.24) is 15.4 Å². The molecule has 1 aliphatic heterocycles. The molecule has 3 nitrogen and oxygen atoms in total. The maximum absolute atomic E-state index is 3.83. The maximum atomic E-state index is 3.83. The molecule has 1 saturated heterocycles. The summed E-state index contributed by atoms with van der Waals surface area (Å²) in [5.74, 6) is 2.99. The van der Waals surface area contributed by atoms with Gasteiger partial charge in [-0.25, -0.2) is 0 Å². The second-order valence-electron chi connectivity index (χ2n) is 7.17. The van der Waals surface area contributed by atoms with Crippen molar-refractivity contribution in [1.29, 1.82) is 0 Å². The normalized spacial score (nSPS) is 21.6. The third-order valence-electron chi connectivity index (χ3n) is 5.46. The molecule has 0 aromatic carbocycles. The fraction of sp³-hybridized carbons (Fsp3) is 1.00. The van der Waals surface area contributed by atoms with Crippen molar-refractivity contribution < 1.29 is 0 Å². The summed E-state index contributed by atoms with van der Waals surface area (Å²) in [6, 6.07) is 0. The number of rotatable bonds is 9. The molecule has 1 aliphatic rings. The van der Waals surface area contributed by atoms with E-state index in [-0.39, 0.29) is 0 Å². The predicted octanol–water partition coefficient (Wildman–Crippen LogP) is 3.05. The topological polar surface area (TPSA) is 36.1 Å². The van der Waals surface area contributed by atoms with Crippen LogP contribution in [-0.4, -0.2) is 21.5 Å². The maximum Gasteiger partial charge on any atom is 0.287 e. The molecule has 0 saturated carbocycles. The van der Waals surface area contributed by atoms with Crippen molar-refractivity contribution in [3.63, 3.8) is 0 Å². The molecule has 3 N–H and O–H groups in total. The van der Waals surface area contributed by atoms with E-state index in [2.05, 4.69) is 57.0 Å². The van der Waals surface area contributed by atoms with E-state index >= 15 is 0 Å². The summed E-state index contributed by atoms with van der Waals surface area (Å²) in [4.78, 5) is 0. The molecule has 4 unspecified atom stereocenters. The molecule has 1 heterocycles. The van der Waals surface area contributed by atoms with E-state index in [9.17, 15) is 0 Å². The molecule has 21 heavy (non-hydrogen) atoms. The average Bonchev–Trinajstić information content (AvgIpc) is 2.48. The summed E-state index contributed by atoms with van der Waals surface area (Å²) >= 11 is 0. The second-order valence-corrected chi connectivity index (χ2v) is 7.17. The molecule has 0 aliphatic carbocycles.